The fourth-order valence-electron chi connectivity index (χ4n) is 8.46. The van der Waals surface area contributed by atoms with Crippen molar-refractivity contribution in [3.8, 4) is 104 Å². The molecule has 48 nitrogen and oxygen atoms in total. The SMILES string of the molecule is CCC(=O)Nc1ccc(-c2nnc(-c3ccc(NC(=O)CN)cn3)nn2)nc1.COC(=O)c1nnc(C(=O)OC)nn1.NCC(=O)Nc1ccc(-c2nnc(-c3ncccn3)nn2)nc1.NCc1ccc(-c2nncnn2)cc1.O=C(O)c1ccc(-c2nnc(-c3ncccn3)nn2)cc1.[Cl-].[Cl-].[Cl-].c1ccc(-c2nnc(-c3ccccn3)nn2)nc1. The van der Waals surface area contributed by atoms with Crippen molar-refractivity contribution in [3.05, 3.63) is 218 Å². The molecule has 15 aromatic rings. The van der Waals surface area contributed by atoms with Crippen LogP contribution in [0.2, 0.25) is 0 Å². The molecule has 13 heterocycles. The number of carbonyl (C=O) groups is 6. The van der Waals surface area contributed by atoms with Gasteiger partial charge < -0.3 is 85.0 Å². The summed E-state index contributed by atoms with van der Waals surface area (Å²) in [6.07, 6.45) is 15.8. The molecular formula is C70H59Cl3N39O9-3. The second-order valence-corrected chi connectivity index (χ2v) is 22.2. The number of rotatable bonds is 19. The highest BCUT2D eigenvalue weighted by molar-refractivity contribution is 5.93. The first-order valence-corrected chi connectivity index (χ1v) is 33.8. The van der Waals surface area contributed by atoms with E-state index >= 15 is 0 Å². The van der Waals surface area contributed by atoms with Gasteiger partial charge in [0.15, 0.2) is 6.33 Å². The van der Waals surface area contributed by atoms with E-state index in [1.165, 1.54) is 51.3 Å². The molecule has 51 heteroatoms. The Balaban J connectivity index is 0.000000202. The van der Waals surface area contributed by atoms with E-state index in [1.807, 2.05) is 48.5 Å². The molecule has 0 spiro atoms. The van der Waals surface area contributed by atoms with Crippen molar-refractivity contribution in [1.29, 1.82) is 0 Å². The predicted octanol–water partition coefficient (Wildman–Crippen LogP) is -6.96. The summed E-state index contributed by atoms with van der Waals surface area (Å²) in [6.45, 7) is 2.09. The van der Waals surface area contributed by atoms with Crippen molar-refractivity contribution in [3.63, 3.8) is 0 Å². The first kappa shape index (κ1) is 91.7. The van der Waals surface area contributed by atoms with Gasteiger partial charge in [-0.05, 0) is 90.5 Å². The monoisotopic (exact) mass is 1690 g/mol. The third-order valence-electron chi connectivity index (χ3n) is 14.2. The van der Waals surface area contributed by atoms with Gasteiger partial charge in [-0.2, -0.15) is 0 Å². The molecule has 0 atom stereocenters. The number of carboxylic acid groups (broad SMARTS) is 1. The number of benzene rings is 2. The van der Waals surface area contributed by atoms with E-state index in [4.69, 9.17) is 22.3 Å². The molecule has 121 heavy (non-hydrogen) atoms. The number of anilines is 3. The number of pyridine rings is 5. The van der Waals surface area contributed by atoms with Crippen LogP contribution < -0.4 is 70.4 Å². The summed E-state index contributed by atoms with van der Waals surface area (Å²) >= 11 is 0. The van der Waals surface area contributed by atoms with Gasteiger partial charge in [-0.15, -0.1) is 122 Å². The number of esters is 2. The van der Waals surface area contributed by atoms with Crippen LogP contribution in [0.5, 0.6) is 0 Å². The van der Waals surface area contributed by atoms with Crippen molar-refractivity contribution < 1.29 is 80.6 Å². The standard InChI is InChI=1S/C17H17N9O2.C13H11N9O.C13H8N6O2.C12H8N6.C9H9N5.C6H6N4O4.3ClH/c1-2-14(27)21-10-3-5-12(19-8-10)16-23-25-17(26-24-16)13-6-4-11(9-20-13)22-15(28)7-18;14-6-10(23)18-8-2-3-9(17-7-8)11-19-21-13(22-20-11)12-15-4-1-5-16-12;20-13(21)9-4-2-8(3-5-9)10-16-18-12(19-17-10)11-14-6-1-7-15-11;1-3-7-13-9(5-1)11-15-17-12(18-16-11)10-6-2-4-8-14-10;10-5-7-1-3-8(4-2-7)9-13-11-6-12-14-9;1-13-5(11)3-7-9-4(10-8-3)6(12)14-2;;;/h3-6,8-9H,2,7,18H2,1H3,(H,21,27)(H,22,28);1-5,7H,6,14H2,(H,18,23);1-7H,(H,20,21);1-8H;1-4,6H,5,10H2;1-2H3;3*1H/p-3. The average Bonchev–Trinajstić information content (AvgIpc) is 0.843. The Hall–Kier alpha value is -16.4. The molecule has 0 saturated carbocycles. The molecule has 0 unspecified atom stereocenters. The molecule has 0 radical (unpaired) electrons. The Labute approximate surface area is 699 Å². The number of hydrogen-bond donors (Lipinski definition) is 7. The Bertz CT molecular complexity index is 5530. The summed E-state index contributed by atoms with van der Waals surface area (Å²) in [7, 11) is 2.33. The minimum atomic E-state index is -0.990. The average molecular weight is 1700 g/mol. The Morgan fingerprint density at radius 3 is 0.942 bits per heavy atom. The number of carbonyl (C=O) groups excluding carboxylic acids is 5. The maximum atomic E-state index is 11.4. The third kappa shape index (κ3) is 27.9. The Kier molecular flexibility index (Phi) is 36.4. The zero-order valence-electron chi connectivity index (χ0n) is 62.6. The Morgan fingerprint density at radius 2 is 0.645 bits per heavy atom. The number of amides is 3. The molecule has 612 valence electrons. The van der Waals surface area contributed by atoms with Gasteiger partial charge in [0.25, 0.3) is 11.6 Å². The van der Waals surface area contributed by atoms with Gasteiger partial charge in [-0.1, -0.05) is 55.5 Å². The van der Waals surface area contributed by atoms with E-state index in [2.05, 4.69) is 193 Å². The van der Waals surface area contributed by atoms with Gasteiger partial charge in [0.1, 0.15) is 28.5 Å². The van der Waals surface area contributed by atoms with Crippen LogP contribution in [0.25, 0.3) is 104 Å². The molecule has 15 rings (SSSR count). The number of nitrogens with one attached hydrogen (secondary N) is 3. The second kappa shape index (κ2) is 48.1. The van der Waals surface area contributed by atoms with E-state index in [0.29, 0.717) is 99.0 Å². The molecule has 0 aliphatic heterocycles. The number of aromatic nitrogens is 33. The number of aromatic carboxylic acids is 1. The van der Waals surface area contributed by atoms with Crippen LogP contribution >= 0.6 is 0 Å². The first-order chi connectivity index (χ1) is 57.6. The molecule has 0 bridgehead atoms. The molecule has 2 aromatic carbocycles. The van der Waals surface area contributed by atoms with E-state index < -0.39 is 17.9 Å². The number of methoxy groups -OCH3 is 2. The van der Waals surface area contributed by atoms with E-state index in [1.54, 1.807) is 117 Å². The lowest BCUT2D eigenvalue weighted by Crippen LogP contribution is -3.00. The highest BCUT2D eigenvalue weighted by atomic mass is 35.5. The van der Waals surface area contributed by atoms with Crippen LogP contribution in [-0.4, -0.2) is 235 Å². The van der Waals surface area contributed by atoms with Crippen LogP contribution in [-0.2, 0) is 30.4 Å². The van der Waals surface area contributed by atoms with Gasteiger partial charge in [0, 0.05) is 61.3 Å². The zero-order valence-corrected chi connectivity index (χ0v) is 64.9. The minimum absolute atomic E-state index is 0. The van der Waals surface area contributed by atoms with Gasteiger partial charge in [-0.3, -0.25) is 39.3 Å². The zero-order chi connectivity index (χ0) is 83.2. The lowest BCUT2D eigenvalue weighted by atomic mass is 10.1. The van der Waals surface area contributed by atoms with Crippen molar-refractivity contribution >= 4 is 52.7 Å². The van der Waals surface area contributed by atoms with Gasteiger partial charge >= 0.3 is 17.9 Å². The van der Waals surface area contributed by atoms with Crippen molar-refractivity contribution in [2.75, 3.05) is 43.3 Å². The maximum absolute atomic E-state index is 11.4. The fraction of sp³-hybridized carbons (Fsp3) is 0.100. The van der Waals surface area contributed by atoms with E-state index in [9.17, 15) is 28.8 Å². The molecule has 0 fully saturated rings. The minimum Gasteiger partial charge on any atom is -1.00 e. The van der Waals surface area contributed by atoms with Crippen molar-refractivity contribution in [2.24, 2.45) is 17.2 Å². The summed E-state index contributed by atoms with van der Waals surface area (Å²) in [6, 6.07) is 38.1. The summed E-state index contributed by atoms with van der Waals surface area (Å²) < 4.78 is 8.61. The topological polar surface area (TPSA) is 681 Å². The second-order valence-electron chi connectivity index (χ2n) is 22.2. The van der Waals surface area contributed by atoms with E-state index in [-0.39, 0.29) is 114 Å². The number of nitrogens with zero attached hydrogens (tertiary/aromatic N) is 33. The predicted molar refractivity (Wildman–Crippen MR) is 407 cm³/mol. The van der Waals surface area contributed by atoms with Gasteiger partial charge in [0.2, 0.25) is 81.8 Å². The number of ether oxygens (including phenoxy) is 2. The maximum Gasteiger partial charge on any atom is 0.379 e. The molecule has 13 aromatic heterocycles. The van der Waals surface area contributed by atoms with Crippen LogP contribution in [0.3, 0.4) is 0 Å². The largest absolute Gasteiger partial charge is 1.00 e. The van der Waals surface area contributed by atoms with Crippen LogP contribution in [0, 0.1) is 0 Å². The van der Waals surface area contributed by atoms with Crippen molar-refractivity contribution in [1.82, 2.24) is 167 Å². The molecule has 10 N–H and O–H groups in total. The number of nitrogens with two attached hydrogens (primary N) is 3. The van der Waals surface area contributed by atoms with Crippen LogP contribution in [0.1, 0.15) is 50.5 Å². The van der Waals surface area contributed by atoms with Gasteiger partial charge in [0.05, 0.1) is 68.5 Å². The quantitative estimate of drug-likeness (QED) is 0.0370. The fourth-order valence-corrected chi connectivity index (χ4v) is 8.46. The summed E-state index contributed by atoms with van der Waals surface area (Å²) in [5, 5.41) is 109. The highest BCUT2D eigenvalue weighted by Crippen LogP contribution is 2.21. The highest BCUT2D eigenvalue weighted by Gasteiger charge is 2.18. The Morgan fingerprint density at radius 1 is 0.331 bits per heavy atom. The smallest absolute Gasteiger partial charge is 0.379 e. The summed E-state index contributed by atoms with van der Waals surface area (Å²) in [4.78, 5) is 103. The summed E-state index contributed by atoms with van der Waals surface area (Å²) in [5.41, 5.74) is 23.0. The lowest BCUT2D eigenvalue weighted by Gasteiger charge is -2.05. The number of halogens is 3. The van der Waals surface area contributed by atoms with Crippen molar-refractivity contribution in [2.45, 2.75) is 19.9 Å². The lowest BCUT2D eigenvalue weighted by molar-refractivity contribution is -0.116. The molecule has 0 aliphatic carbocycles. The van der Waals surface area contributed by atoms with Crippen LogP contribution in [0.15, 0.2) is 196 Å². The summed E-state index contributed by atoms with van der Waals surface area (Å²) in [5.74, 6) is -0.429. The first-order valence-electron chi connectivity index (χ1n) is 33.8. The molecule has 3 amide bonds. The van der Waals surface area contributed by atoms with Crippen LogP contribution in [0.4, 0.5) is 17.1 Å². The van der Waals surface area contributed by atoms with Gasteiger partial charge in [-0.25, -0.2) is 34.3 Å². The molecule has 0 aliphatic rings. The number of carboxylic acids is 1. The molecule has 0 saturated heterocycles. The number of hydrogen-bond acceptors (Lipinski definition) is 44. The third-order valence-corrected chi connectivity index (χ3v) is 14.2. The van der Waals surface area contributed by atoms with E-state index in [0.717, 1.165) is 11.1 Å². The normalized spacial score (nSPS) is 9.90. The molecular weight excluding hydrogens is 1640 g/mol.